The number of ketones is 1. The average Bonchev–Trinajstić information content (AvgIpc) is 3.19. The molecule has 31 heavy (non-hydrogen) atoms. The first kappa shape index (κ1) is 21.6. The maximum Gasteiger partial charge on any atom is 0.184 e. The van der Waals surface area contributed by atoms with Crippen molar-refractivity contribution in [1.29, 1.82) is 10.8 Å². The fourth-order valence-corrected chi connectivity index (χ4v) is 4.98. The maximum absolute atomic E-state index is 13.0. The number of thiophene rings is 1. The molecule has 2 aliphatic rings. The van der Waals surface area contributed by atoms with Crippen molar-refractivity contribution >= 4 is 28.8 Å². The number of likely N-dealkylation sites (tertiary alicyclic amines) is 1. The Hall–Kier alpha value is -2.58. The second-order valence-electron chi connectivity index (χ2n) is 8.01. The summed E-state index contributed by atoms with van der Waals surface area (Å²) in [5.74, 6) is 0.729. The van der Waals surface area contributed by atoms with Crippen LogP contribution in [0.15, 0.2) is 35.7 Å². The molecule has 0 unspecified atom stereocenters. The van der Waals surface area contributed by atoms with Gasteiger partial charge in [-0.3, -0.25) is 15.6 Å². The second kappa shape index (κ2) is 9.70. The third-order valence-electron chi connectivity index (χ3n) is 6.01. The van der Waals surface area contributed by atoms with Gasteiger partial charge in [0.05, 0.1) is 12.1 Å². The highest BCUT2D eigenvalue weighted by atomic mass is 32.1. The van der Waals surface area contributed by atoms with E-state index < -0.39 is 0 Å². The van der Waals surface area contributed by atoms with Crippen molar-refractivity contribution in [2.45, 2.75) is 25.7 Å². The first-order valence-corrected chi connectivity index (χ1v) is 11.6. The molecule has 0 aliphatic carbocycles. The highest BCUT2D eigenvalue weighted by molar-refractivity contribution is 7.12. The van der Waals surface area contributed by atoms with Crippen molar-refractivity contribution < 1.29 is 13.9 Å². The van der Waals surface area contributed by atoms with Crippen LogP contribution in [0.5, 0.6) is 5.06 Å². The van der Waals surface area contributed by atoms with Gasteiger partial charge >= 0.3 is 0 Å². The molecule has 3 heterocycles. The lowest BCUT2D eigenvalue weighted by atomic mass is 9.94. The number of piperidine rings is 1. The van der Waals surface area contributed by atoms with Gasteiger partial charge in [0.2, 0.25) is 0 Å². The van der Waals surface area contributed by atoms with Crippen LogP contribution in [0, 0.1) is 22.6 Å². The number of Topliss-reactive ketones (excluding diaryl/α,β-unsaturated/α-hetero) is 1. The van der Waals surface area contributed by atoms with Crippen LogP contribution in [0.25, 0.3) is 0 Å². The number of nitrogens with zero attached hydrogens (tertiary/aromatic N) is 2. The summed E-state index contributed by atoms with van der Waals surface area (Å²) in [5.41, 5.74) is 1.33. The molecule has 8 heteroatoms. The first-order chi connectivity index (χ1) is 15.0. The molecule has 6 nitrogen and oxygen atoms in total. The van der Waals surface area contributed by atoms with Crippen molar-refractivity contribution in [2.24, 2.45) is 5.92 Å². The van der Waals surface area contributed by atoms with Gasteiger partial charge in [0, 0.05) is 17.9 Å². The average molecular weight is 443 g/mol. The second-order valence-corrected chi connectivity index (χ2v) is 8.88. The van der Waals surface area contributed by atoms with E-state index in [0.717, 1.165) is 49.5 Å². The number of hydrogen-bond acceptors (Lipinski definition) is 6. The van der Waals surface area contributed by atoms with E-state index in [1.54, 1.807) is 17.0 Å². The molecule has 2 aliphatic heterocycles. The van der Waals surface area contributed by atoms with Gasteiger partial charge < -0.3 is 14.5 Å². The number of amidine groups is 2. The molecule has 0 atom stereocenters. The number of rotatable bonds is 6. The van der Waals surface area contributed by atoms with Crippen molar-refractivity contribution in [2.75, 3.05) is 32.8 Å². The van der Waals surface area contributed by atoms with Gasteiger partial charge in [-0.15, -0.1) is 11.3 Å². The van der Waals surface area contributed by atoms with Crippen LogP contribution in [0.2, 0.25) is 0 Å². The van der Waals surface area contributed by atoms with Gasteiger partial charge in [-0.25, -0.2) is 4.39 Å². The Morgan fingerprint density at radius 3 is 2.65 bits per heavy atom. The van der Waals surface area contributed by atoms with Crippen LogP contribution in [0.1, 0.15) is 41.6 Å². The van der Waals surface area contributed by atoms with Gasteiger partial charge in [0.15, 0.2) is 10.8 Å². The van der Waals surface area contributed by atoms with Crippen molar-refractivity contribution in [3.8, 4) is 5.06 Å². The number of fused-ring (bicyclic) bond motifs is 1. The number of benzene rings is 1. The predicted molar refractivity (Wildman–Crippen MR) is 120 cm³/mol. The van der Waals surface area contributed by atoms with Crippen LogP contribution in [0.3, 0.4) is 0 Å². The standard InChI is InChI=1S/C23H27FN4O2S/c24-18-5-3-16(4-6-18)20(29)2-1-10-27-11-7-17(8-12-27)21(25)28-13-14-30-23-19(22(28)26)9-15-31-23/h3-6,9,15,17,25-26H,1-2,7-8,10-14H2. The molecule has 1 fully saturated rings. The summed E-state index contributed by atoms with van der Waals surface area (Å²) in [6.07, 6.45) is 2.99. The summed E-state index contributed by atoms with van der Waals surface area (Å²) in [5, 5.41) is 19.9. The summed E-state index contributed by atoms with van der Waals surface area (Å²) >= 11 is 1.49. The zero-order valence-electron chi connectivity index (χ0n) is 17.4. The normalized spacial score (nSPS) is 17.7. The lowest BCUT2D eigenvalue weighted by Crippen LogP contribution is -2.45. The lowest BCUT2D eigenvalue weighted by Gasteiger charge is -2.35. The Morgan fingerprint density at radius 2 is 1.90 bits per heavy atom. The zero-order chi connectivity index (χ0) is 21.8. The molecule has 164 valence electrons. The lowest BCUT2D eigenvalue weighted by molar-refractivity contribution is 0.0972. The summed E-state index contributed by atoms with van der Waals surface area (Å²) in [6.45, 7) is 3.64. The first-order valence-electron chi connectivity index (χ1n) is 10.7. The fourth-order valence-electron chi connectivity index (χ4n) is 4.20. The number of nitrogens with one attached hydrogen (secondary N) is 2. The molecule has 1 aromatic heterocycles. The van der Waals surface area contributed by atoms with Crippen LogP contribution in [0.4, 0.5) is 4.39 Å². The molecule has 0 spiro atoms. The van der Waals surface area contributed by atoms with Crippen molar-refractivity contribution in [3.63, 3.8) is 0 Å². The van der Waals surface area contributed by atoms with E-state index in [2.05, 4.69) is 4.90 Å². The van der Waals surface area contributed by atoms with E-state index in [0.29, 0.717) is 36.8 Å². The fraction of sp³-hybridized carbons (Fsp3) is 0.435. The Kier molecular flexibility index (Phi) is 6.77. The van der Waals surface area contributed by atoms with Gasteiger partial charge in [-0.05, 0) is 74.6 Å². The third-order valence-corrected chi connectivity index (χ3v) is 6.84. The minimum absolute atomic E-state index is 0.0476. The minimum atomic E-state index is -0.330. The molecule has 2 aromatic rings. The largest absolute Gasteiger partial charge is 0.481 e. The summed E-state index contributed by atoms with van der Waals surface area (Å²) in [7, 11) is 0. The molecule has 0 saturated carbocycles. The highest BCUT2D eigenvalue weighted by Crippen LogP contribution is 2.30. The predicted octanol–water partition coefficient (Wildman–Crippen LogP) is 4.26. The number of carbonyl (C=O) groups excluding carboxylic acids is 1. The Labute approximate surface area is 185 Å². The van der Waals surface area contributed by atoms with Gasteiger partial charge in [-0.2, -0.15) is 0 Å². The summed E-state index contributed by atoms with van der Waals surface area (Å²) in [6, 6.07) is 7.62. The molecule has 1 aromatic carbocycles. The van der Waals surface area contributed by atoms with E-state index in [-0.39, 0.29) is 17.5 Å². The molecule has 4 rings (SSSR count). The van der Waals surface area contributed by atoms with Crippen molar-refractivity contribution in [1.82, 2.24) is 9.80 Å². The van der Waals surface area contributed by atoms with Gasteiger partial charge in [0.25, 0.3) is 0 Å². The quantitative estimate of drug-likeness (QED) is 0.398. The number of halogens is 1. The number of hydrogen-bond donors (Lipinski definition) is 2. The zero-order valence-corrected chi connectivity index (χ0v) is 18.2. The third kappa shape index (κ3) is 5.02. The number of ether oxygens (including phenoxy) is 1. The SMILES string of the molecule is N=C1c2ccsc2OCCN1C(=N)C1CCN(CCCC(=O)c2ccc(F)cc2)CC1. The molecule has 1 saturated heterocycles. The Morgan fingerprint density at radius 1 is 1.16 bits per heavy atom. The van der Waals surface area contributed by atoms with E-state index in [1.165, 1.54) is 23.5 Å². The smallest absolute Gasteiger partial charge is 0.184 e. The van der Waals surface area contributed by atoms with Gasteiger partial charge in [0.1, 0.15) is 24.1 Å². The van der Waals surface area contributed by atoms with E-state index in [4.69, 9.17) is 15.6 Å². The van der Waals surface area contributed by atoms with E-state index >= 15 is 0 Å². The number of carbonyl (C=O) groups is 1. The van der Waals surface area contributed by atoms with Crippen LogP contribution >= 0.6 is 11.3 Å². The topological polar surface area (TPSA) is 80.5 Å². The Balaban J connectivity index is 1.23. The van der Waals surface area contributed by atoms with Crippen molar-refractivity contribution in [3.05, 3.63) is 52.7 Å². The van der Waals surface area contributed by atoms with Crippen LogP contribution in [-0.2, 0) is 0 Å². The molecule has 0 radical (unpaired) electrons. The summed E-state index contributed by atoms with van der Waals surface area (Å²) < 4.78 is 18.7. The minimum Gasteiger partial charge on any atom is -0.481 e. The molecular weight excluding hydrogens is 415 g/mol. The summed E-state index contributed by atoms with van der Waals surface area (Å²) in [4.78, 5) is 16.4. The molecule has 0 amide bonds. The monoisotopic (exact) mass is 442 g/mol. The molecule has 0 bridgehead atoms. The van der Waals surface area contributed by atoms with E-state index in [1.807, 2.05) is 11.4 Å². The van der Waals surface area contributed by atoms with Crippen LogP contribution in [-0.4, -0.2) is 60.0 Å². The van der Waals surface area contributed by atoms with E-state index in [9.17, 15) is 9.18 Å². The van der Waals surface area contributed by atoms with Gasteiger partial charge in [-0.1, -0.05) is 0 Å². The Bertz CT molecular complexity index is 951. The molecule has 2 N–H and O–H groups in total. The highest BCUT2D eigenvalue weighted by Gasteiger charge is 2.30. The maximum atomic E-state index is 13.0. The van der Waals surface area contributed by atoms with Crippen LogP contribution < -0.4 is 4.74 Å². The molecular formula is C23H27FN4O2S.